The number of nitrogens with zero attached hydrogens (tertiary/aromatic N) is 2. The fourth-order valence-corrected chi connectivity index (χ4v) is 1.68. The van der Waals surface area contributed by atoms with Crippen LogP contribution < -0.4 is 5.32 Å². The van der Waals surface area contributed by atoms with E-state index >= 15 is 0 Å². The number of esters is 1. The van der Waals surface area contributed by atoms with Crippen molar-refractivity contribution in [1.29, 1.82) is 0 Å². The lowest BCUT2D eigenvalue weighted by Gasteiger charge is -2.08. The minimum absolute atomic E-state index is 0.00533. The molecular weight excluding hydrogens is 261 g/mol. The van der Waals surface area contributed by atoms with Gasteiger partial charge in [0, 0.05) is 18.3 Å². The zero-order valence-electron chi connectivity index (χ0n) is 11.2. The third-order valence-electron chi connectivity index (χ3n) is 2.58. The normalized spacial score (nSPS) is 10.2. The van der Waals surface area contributed by atoms with Crippen LogP contribution in [0.25, 0.3) is 0 Å². The first-order valence-corrected chi connectivity index (χ1v) is 6.01. The van der Waals surface area contributed by atoms with E-state index < -0.39 is 5.97 Å². The lowest BCUT2D eigenvalue weighted by atomic mass is 10.2. The maximum atomic E-state index is 13.1. The minimum atomic E-state index is -0.595. The molecule has 0 amide bonds. The summed E-state index contributed by atoms with van der Waals surface area (Å²) in [7, 11) is 1.27. The number of halogens is 1. The molecule has 1 heterocycles. The third-order valence-corrected chi connectivity index (χ3v) is 2.58. The van der Waals surface area contributed by atoms with Gasteiger partial charge in [0.15, 0.2) is 0 Å². The van der Waals surface area contributed by atoms with Gasteiger partial charge in [-0.15, -0.1) is 0 Å². The second-order valence-electron chi connectivity index (χ2n) is 4.19. The number of aromatic nitrogens is 2. The summed E-state index contributed by atoms with van der Waals surface area (Å²) in [6.07, 6.45) is 0. The van der Waals surface area contributed by atoms with Crippen molar-refractivity contribution in [2.24, 2.45) is 0 Å². The van der Waals surface area contributed by atoms with Gasteiger partial charge in [0.1, 0.15) is 11.6 Å². The van der Waals surface area contributed by atoms with E-state index in [0.29, 0.717) is 18.1 Å². The molecule has 5 nitrogen and oxygen atoms in total. The van der Waals surface area contributed by atoms with E-state index in [0.717, 1.165) is 5.56 Å². The molecule has 0 fully saturated rings. The van der Waals surface area contributed by atoms with Crippen molar-refractivity contribution in [3.8, 4) is 0 Å². The van der Waals surface area contributed by atoms with Gasteiger partial charge in [0.2, 0.25) is 5.82 Å². The summed E-state index contributed by atoms with van der Waals surface area (Å²) in [5.74, 6) is -0.405. The first kappa shape index (κ1) is 13.9. The van der Waals surface area contributed by atoms with E-state index in [-0.39, 0.29) is 11.6 Å². The molecule has 104 valence electrons. The van der Waals surface area contributed by atoms with E-state index in [1.807, 2.05) is 0 Å². The fraction of sp³-hybridized carbons (Fsp3) is 0.214. The van der Waals surface area contributed by atoms with Crippen LogP contribution in [-0.4, -0.2) is 23.0 Å². The number of benzene rings is 1. The molecule has 0 saturated heterocycles. The fourth-order valence-electron chi connectivity index (χ4n) is 1.68. The zero-order valence-corrected chi connectivity index (χ0v) is 11.2. The predicted molar refractivity (Wildman–Crippen MR) is 71.8 cm³/mol. The molecule has 0 aliphatic rings. The van der Waals surface area contributed by atoms with Crippen LogP contribution in [0.2, 0.25) is 0 Å². The highest BCUT2D eigenvalue weighted by Gasteiger charge is 2.11. The molecule has 1 N–H and O–H groups in total. The van der Waals surface area contributed by atoms with Crippen LogP contribution >= 0.6 is 0 Å². The summed E-state index contributed by atoms with van der Waals surface area (Å²) in [5.41, 5.74) is 1.42. The number of ether oxygens (including phenoxy) is 1. The Morgan fingerprint density at radius 1 is 1.35 bits per heavy atom. The van der Waals surface area contributed by atoms with Gasteiger partial charge < -0.3 is 10.1 Å². The summed E-state index contributed by atoms with van der Waals surface area (Å²) >= 11 is 0. The van der Waals surface area contributed by atoms with Gasteiger partial charge in [-0.05, 0) is 24.6 Å². The Morgan fingerprint density at radius 3 is 2.85 bits per heavy atom. The Labute approximate surface area is 115 Å². The molecule has 0 radical (unpaired) electrons. The highest BCUT2D eigenvalue weighted by molar-refractivity contribution is 5.85. The lowest BCUT2D eigenvalue weighted by Crippen LogP contribution is -2.11. The first-order valence-electron chi connectivity index (χ1n) is 6.01. The molecule has 2 rings (SSSR count). The summed E-state index contributed by atoms with van der Waals surface area (Å²) in [6, 6.07) is 7.95. The highest BCUT2D eigenvalue weighted by Crippen LogP contribution is 2.10. The van der Waals surface area contributed by atoms with E-state index in [1.54, 1.807) is 25.1 Å². The van der Waals surface area contributed by atoms with Crippen LogP contribution in [0.5, 0.6) is 0 Å². The van der Waals surface area contributed by atoms with Gasteiger partial charge >= 0.3 is 5.97 Å². The highest BCUT2D eigenvalue weighted by atomic mass is 19.1. The Morgan fingerprint density at radius 2 is 2.15 bits per heavy atom. The summed E-state index contributed by atoms with van der Waals surface area (Å²) < 4.78 is 17.6. The van der Waals surface area contributed by atoms with Gasteiger partial charge in [0.25, 0.3) is 0 Å². The second kappa shape index (κ2) is 6.10. The number of hydrogen-bond donors (Lipinski definition) is 1. The number of aryl methyl sites for hydroxylation is 1. The van der Waals surface area contributed by atoms with Crippen LogP contribution in [0.3, 0.4) is 0 Å². The molecule has 1 aromatic heterocycles. The van der Waals surface area contributed by atoms with Gasteiger partial charge in [-0.3, -0.25) is 0 Å². The molecule has 0 unspecified atom stereocenters. The Hall–Kier alpha value is -2.50. The van der Waals surface area contributed by atoms with E-state index in [4.69, 9.17) is 0 Å². The van der Waals surface area contributed by atoms with Gasteiger partial charge in [-0.2, -0.15) is 0 Å². The van der Waals surface area contributed by atoms with E-state index in [2.05, 4.69) is 20.0 Å². The number of rotatable bonds is 4. The molecule has 20 heavy (non-hydrogen) atoms. The quantitative estimate of drug-likeness (QED) is 0.867. The predicted octanol–water partition coefficient (Wildman–Crippen LogP) is 2.32. The van der Waals surface area contributed by atoms with Crippen LogP contribution in [-0.2, 0) is 11.3 Å². The van der Waals surface area contributed by atoms with Gasteiger partial charge in [-0.25, -0.2) is 19.2 Å². The topological polar surface area (TPSA) is 64.1 Å². The molecule has 0 spiro atoms. The lowest BCUT2D eigenvalue weighted by molar-refractivity contribution is 0.0586. The third kappa shape index (κ3) is 3.50. The number of carbonyl (C=O) groups excluding carboxylic acids is 1. The largest absolute Gasteiger partial charge is 0.463 e. The monoisotopic (exact) mass is 275 g/mol. The van der Waals surface area contributed by atoms with Gasteiger partial charge in [-0.1, -0.05) is 12.1 Å². The van der Waals surface area contributed by atoms with E-state index in [1.165, 1.54) is 19.2 Å². The standard InChI is InChI=1S/C14H14FN3O2/c1-9-6-12(18-13(17-9)14(19)20-2)16-8-10-4-3-5-11(15)7-10/h3-7H,8H2,1-2H3,(H,16,17,18). The van der Waals surface area contributed by atoms with E-state index in [9.17, 15) is 9.18 Å². The van der Waals surface area contributed by atoms with Crippen LogP contribution in [0.4, 0.5) is 10.2 Å². The number of anilines is 1. The van der Waals surface area contributed by atoms with Crippen molar-refractivity contribution in [3.63, 3.8) is 0 Å². The smallest absolute Gasteiger partial charge is 0.376 e. The molecule has 1 aromatic carbocycles. The van der Waals surface area contributed by atoms with Crippen molar-refractivity contribution in [2.75, 3.05) is 12.4 Å². The number of hydrogen-bond acceptors (Lipinski definition) is 5. The van der Waals surface area contributed by atoms with Crippen molar-refractivity contribution in [1.82, 2.24) is 9.97 Å². The molecule has 0 atom stereocenters. The Balaban J connectivity index is 2.13. The minimum Gasteiger partial charge on any atom is -0.463 e. The van der Waals surface area contributed by atoms with Crippen molar-refractivity contribution in [3.05, 3.63) is 53.2 Å². The maximum absolute atomic E-state index is 13.1. The summed E-state index contributed by atoms with van der Waals surface area (Å²) in [5, 5.41) is 3.02. The molecule has 0 aliphatic carbocycles. The van der Waals surface area contributed by atoms with Crippen LogP contribution in [0.15, 0.2) is 30.3 Å². The first-order chi connectivity index (χ1) is 9.58. The van der Waals surface area contributed by atoms with Gasteiger partial charge in [0.05, 0.1) is 7.11 Å². The summed E-state index contributed by atoms with van der Waals surface area (Å²) in [4.78, 5) is 19.5. The molecule has 6 heteroatoms. The number of methoxy groups -OCH3 is 1. The van der Waals surface area contributed by atoms with Crippen LogP contribution in [0, 0.1) is 12.7 Å². The average Bonchev–Trinajstić information content (AvgIpc) is 2.44. The Kier molecular flexibility index (Phi) is 4.24. The molecular formula is C14H14FN3O2. The number of carbonyl (C=O) groups is 1. The van der Waals surface area contributed by atoms with Crippen molar-refractivity contribution >= 4 is 11.8 Å². The Bertz CT molecular complexity index is 632. The SMILES string of the molecule is COC(=O)c1nc(C)cc(NCc2cccc(F)c2)n1. The number of nitrogens with one attached hydrogen (secondary N) is 1. The average molecular weight is 275 g/mol. The van der Waals surface area contributed by atoms with Crippen molar-refractivity contribution < 1.29 is 13.9 Å². The maximum Gasteiger partial charge on any atom is 0.376 e. The van der Waals surface area contributed by atoms with Crippen LogP contribution in [0.1, 0.15) is 21.9 Å². The molecule has 0 bridgehead atoms. The second-order valence-corrected chi connectivity index (χ2v) is 4.19. The van der Waals surface area contributed by atoms with Crippen molar-refractivity contribution in [2.45, 2.75) is 13.5 Å². The zero-order chi connectivity index (χ0) is 14.5. The molecule has 0 saturated carbocycles. The summed E-state index contributed by atoms with van der Waals surface area (Å²) in [6.45, 7) is 2.15. The molecule has 2 aromatic rings. The molecule has 0 aliphatic heterocycles.